The zero-order valence-corrected chi connectivity index (χ0v) is 33.5. The Morgan fingerprint density at radius 2 is 1.46 bits per heavy atom. The molecule has 1 unspecified atom stereocenters. The predicted octanol–water partition coefficient (Wildman–Crippen LogP) is 9.43. The SMILES string of the molecule is CC(C)(C)[Si](C)(C)O[C@@H]1CO[C@@H]2C(Oc3nc4nc(-c5ccc(-c6ccc(Br)cc6)cc5)c(Cl)cc4n3COCC[Si](C)(C)C)CO[C@@H]21. The van der Waals surface area contributed by atoms with Crippen molar-refractivity contribution in [3.63, 3.8) is 0 Å². The van der Waals surface area contributed by atoms with Crippen molar-refractivity contribution in [2.24, 2.45) is 0 Å². The quantitative estimate of drug-likeness (QED) is 0.111. The molecule has 2 fully saturated rings. The Balaban J connectivity index is 1.26. The second kappa shape index (κ2) is 13.9. The molecule has 0 bridgehead atoms. The summed E-state index contributed by atoms with van der Waals surface area (Å²) in [5.74, 6) is 0. The Morgan fingerprint density at radius 3 is 2.08 bits per heavy atom. The van der Waals surface area contributed by atoms with E-state index in [4.69, 9.17) is 44.9 Å². The van der Waals surface area contributed by atoms with Gasteiger partial charge in [0, 0.05) is 24.7 Å². The van der Waals surface area contributed by atoms with Gasteiger partial charge in [0.25, 0.3) is 0 Å². The number of rotatable bonds is 11. The number of ether oxygens (including phenoxy) is 4. The van der Waals surface area contributed by atoms with Crippen LogP contribution in [0.4, 0.5) is 0 Å². The van der Waals surface area contributed by atoms with Crippen LogP contribution in [-0.2, 0) is 25.4 Å². The van der Waals surface area contributed by atoms with Crippen molar-refractivity contribution in [1.29, 1.82) is 0 Å². The number of nitrogens with zero attached hydrogens (tertiary/aromatic N) is 3. The summed E-state index contributed by atoms with van der Waals surface area (Å²) in [6.45, 7) is 20.1. The molecule has 0 spiro atoms. The summed E-state index contributed by atoms with van der Waals surface area (Å²) >= 11 is 10.4. The molecule has 8 nitrogen and oxygen atoms in total. The number of hydrogen-bond donors (Lipinski definition) is 0. The zero-order chi connectivity index (χ0) is 34.4. The van der Waals surface area contributed by atoms with Gasteiger partial charge in [0.05, 0.1) is 35.6 Å². The van der Waals surface area contributed by atoms with Crippen molar-refractivity contribution in [3.05, 3.63) is 64.1 Å². The molecule has 48 heavy (non-hydrogen) atoms. The lowest BCUT2D eigenvalue weighted by molar-refractivity contribution is 0.00691. The van der Waals surface area contributed by atoms with Crippen molar-refractivity contribution in [1.82, 2.24) is 14.5 Å². The van der Waals surface area contributed by atoms with Gasteiger partial charge in [0.1, 0.15) is 18.9 Å². The lowest BCUT2D eigenvalue weighted by Gasteiger charge is -2.39. The summed E-state index contributed by atoms with van der Waals surface area (Å²) < 4.78 is 35.0. The third kappa shape index (κ3) is 7.78. The molecule has 6 rings (SSSR count). The molecule has 2 aliphatic rings. The number of aromatic nitrogens is 3. The van der Waals surface area contributed by atoms with Crippen molar-refractivity contribution in [3.8, 4) is 28.4 Å². The number of fused-ring (bicyclic) bond motifs is 2. The number of benzene rings is 2. The minimum atomic E-state index is -2.00. The standard InChI is InChI=1S/C36H47BrClN3O5Si2/c1-36(2,3)48(7,8)46-30-21-44-32-29(20-43-33(30)32)45-35-40-34-28(41(35)22-42-17-18-47(4,5)6)19-27(38)31(39-34)25-11-9-23(10-12-25)24-13-15-26(37)16-14-24/h9-16,19,29-30,32-33H,17-18,20-22H2,1-8H3/t29?,30-,32-,33-/m1/s1. The molecular formula is C36H47BrClN3O5Si2. The predicted molar refractivity (Wildman–Crippen MR) is 201 cm³/mol. The molecular weight excluding hydrogens is 726 g/mol. The molecule has 4 aromatic rings. The van der Waals surface area contributed by atoms with Crippen LogP contribution in [0.25, 0.3) is 33.5 Å². The van der Waals surface area contributed by atoms with E-state index < -0.39 is 16.4 Å². The van der Waals surface area contributed by atoms with Gasteiger partial charge in [-0.05, 0) is 53.5 Å². The number of halogens is 2. The van der Waals surface area contributed by atoms with Crippen LogP contribution >= 0.6 is 27.5 Å². The normalized spacial score (nSPS) is 21.6. The van der Waals surface area contributed by atoms with Crippen LogP contribution in [0.2, 0.25) is 48.8 Å². The van der Waals surface area contributed by atoms with Gasteiger partial charge in [-0.3, -0.25) is 4.57 Å². The first-order valence-electron chi connectivity index (χ1n) is 16.7. The van der Waals surface area contributed by atoms with Gasteiger partial charge in [0.15, 0.2) is 20.1 Å². The fourth-order valence-corrected chi connectivity index (χ4v) is 8.33. The first kappa shape index (κ1) is 35.7. The zero-order valence-electron chi connectivity index (χ0n) is 29.2. The third-order valence-corrected chi connectivity index (χ3v) is 16.7. The summed E-state index contributed by atoms with van der Waals surface area (Å²) in [7, 11) is -3.27. The topological polar surface area (TPSA) is 76.9 Å². The average molecular weight is 773 g/mol. The van der Waals surface area contributed by atoms with E-state index in [2.05, 4.69) is 93.7 Å². The van der Waals surface area contributed by atoms with Gasteiger partial charge in [-0.2, -0.15) is 4.98 Å². The smallest absolute Gasteiger partial charge is 0.301 e. The minimum Gasteiger partial charge on any atom is -0.456 e. The lowest BCUT2D eigenvalue weighted by Crippen LogP contribution is -2.47. The van der Waals surface area contributed by atoms with Crippen molar-refractivity contribution >= 4 is 55.1 Å². The van der Waals surface area contributed by atoms with Gasteiger partial charge in [0.2, 0.25) is 0 Å². The summed E-state index contributed by atoms with van der Waals surface area (Å²) in [4.78, 5) is 9.84. The maximum Gasteiger partial charge on any atom is 0.301 e. The number of imidazole rings is 1. The van der Waals surface area contributed by atoms with E-state index in [1.165, 1.54) is 0 Å². The van der Waals surface area contributed by atoms with E-state index in [0.29, 0.717) is 42.2 Å². The van der Waals surface area contributed by atoms with Gasteiger partial charge in [-0.15, -0.1) is 0 Å². The van der Waals surface area contributed by atoms with E-state index >= 15 is 0 Å². The van der Waals surface area contributed by atoms with E-state index in [-0.39, 0.29) is 36.2 Å². The highest BCUT2D eigenvalue weighted by atomic mass is 79.9. The van der Waals surface area contributed by atoms with E-state index in [9.17, 15) is 0 Å². The molecule has 2 aliphatic heterocycles. The van der Waals surface area contributed by atoms with Crippen molar-refractivity contribution < 1.29 is 23.4 Å². The summed E-state index contributed by atoms with van der Waals surface area (Å²) in [6.07, 6.45) is -0.903. The third-order valence-electron chi connectivity index (χ3n) is 9.68. The largest absolute Gasteiger partial charge is 0.456 e. The van der Waals surface area contributed by atoms with Crippen LogP contribution in [-0.4, -0.2) is 75.2 Å². The lowest BCUT2D eigenvalue weighted by atomic mass is 10.0. The highest BCUT2D eigenvalue weighted by Crippen LogP contribution is 2.41. The summed E-state index contributed by atoms with van der Waals surface area (Å²) in [5.41, 5.74) is 5.11. The van der Waals surface area contributed by atoms with Crippen molar-refractivity contribution in [2.45, 2.75) is 95.7 Å². The van der Waals surface area contributed by atoms with E-state index in [0.717, 1.165) is 32.7 Å². The van der Waals surface area contributed by atoms with Crippen LogP contribution in [0.15, 0.2) is 59.1 Å². The van der Waals surface area contributed by atoms with Crippen LogP contribution in [0.3, 0.4) is 0 Å². The second-order valence-corrected chi connectivity index (χ2v) is 27.3. The molecule has 0 amide bonds. The first-order chi connectivity index (χ1) is 22.6. The van der Waals surface area contributed by atoms with Gasteiger partial charge < -0.3 is 23.4 Å². The fourth-order valence-electron chi connectivity index (χ4n) is 5.74. The Bertz CT molecular complexity index is 1740. The molecule has 4 atom stereocenters. The van der Waals surface area contributed by atoms with Crippen LogP contribution in [0.5, 0.6) is 6.01 Å². The first-order valence-corrected chi connectivity index (χ1v) is 24.5. The average Bonchev–Trinajstić information content (AvgIpc) is 3.69. The minimum absolute atomic E-state index is 0.0919. The van der Waals surface area contributed by atoms with Crippen LogP contribution in [0.1, 0.15) is 20.8 Å². The molecule has 0 aliphatic carbocycles. The molecule has 2 aromatic carbocycles. The molecule has 12 heteroatoms. The molecule has 0 radical (unpaired) electrons. The van der Waals surface area contributed by atoms with Crippen LogP contribution < -0.4 is 4.74 Å². The van der Waals surface area contributed by atoms with Gasteiger partial charge in [-0.1, -0.05) is 104 Å². The Morgan fingerprint density at radius 1 is 0.875 bits per heavy atom. The van der Waals surface area contributed by atoms with Gasteiger partial charge >= 0.3 is 6.01 Å². The van der Waals surface area contributed by atoms with Crippen LogP contribution in [0, 0.1) is 0 Å². The summed E-state index contributed by atoms with van der Waals surface area (Å²) in [5, 5.41) is 0.622. The Labute approximate surface area is 299 Å². The van der Waals surface area contributed by atoms with Crippen molar-refractivity contribution in [2.75, 3.05) is 19.8 Å². The number of hydrogen-bond acceptors (Lipinski definition) is 7. The molecule has 0 N–H and O–H groups in total. The maximum absolute atomic E-state index is 6.92. The highest BCUT2D eigenvalue weighted by molar-refractivity contribution is 9.10. The van der Waals surface area contributed by atoms with Gasteiger partial charge in [-0.25, -0.2) is 4.98 Å². The molecule has 2 saturated heterocycles. The fraction of sp³-hybridized carbons (Fsp3) is 0.500. The Hall–Kier alpha value is -2.10. The molecule has 4 heterocycles. The number of pyridine rings is 1. The molecule has 2 aromatic heterocycles. The highest BCUT2D eigenvalue weighted by Gasteiger charge is 2.52. The molecule has 0 saturated carbocycles. The van der Waals surface area contributed by atoms with E-state index in [1.54, 1.807) is 0 Å². The monoisotopic (exact) mass is 771 g/mol. The molecule has 258 valence electrons. The summed E-state index contributed by atoms with van der Waals surface area (Å²) in [6, 6.07) is 19.9. The second-order valence-electron chi connectivity index (χ2n) is 15.6. The Kier molecular flexibility index (Phi) is 10.3. The van der Waals surface area contributed by atoms with E-state index in [1.807, 2.05) is 34.9 Å². The maximum atomic E-state index is 6.92.